The molecule has 0 aromatic rings. The third kappa shape index (κ3) is 2.88. The zero-order valence-corrected chi connectivity index (χ0v) is 9.81. The van der Waals surface area contributed by atoms with Gasteiger partial charge in [0, 0.05) is 18.3 Å². The summed E-state index contributed by atoms with van der Waals surface area (Å²) in [6.07, 6.45) is 4.06. The highest BCUT2D eigenvalue weighted by Gasteiger charge is 2.32. The van der Waals surface area contributed by atoms with Crippen LogP contribution in [0.1, 0.15) is 39.5 Å². The van der Waals surface area contributed by atoms with Crippen molar-refractivity contribution in [1.29, 1.82) is 0 Å². The fourth-order valence-electron chi connectivity index (χ4n) is 2.39. The molecule has 0 heterocycles. The quantitative estimate of drug-likeness (QED) is 0.721. The molecule has 0 aliphatic heterocycles. The van der Waals surface area contributed by atoms with Crippen LogP contribution in [0.4, 0.5) is 0 Å². The first-order chi connectivity index (χ1) is 6.69. The zero-order chi connectivity index (χ0) is 10.6. The standard InChI is InChI=1S/C11H20ClNO/c1-3-9-4-5-10(8(9)2)13-11(14)6-7-12/h8-10H,3-7H2,1-2H3,(H,13,14). The van der Waals surface area contributed by atoms with Crippen LogP contribution in [0.5, 0.6) is 0 Å². The van der Waals surface area contributed by atoms with Gasteiger partial charge in [0.15, 0.2) is 0 Å². The summed E-state index contributed by atoms with van der Waals surface area (Å²) < 4.78 is 0. The van der Waals surface area contributed by atoms with Crippen LogP contribution in [-0.2, 0) is 4.79 Å². The van der Waals surface area contributed by atoms with Gasteiger partial charge in [-0.3, -0.25) is 4.79 Å². The first-order valence-corrected chi connectivity index (χ1v) is 6.07. The second-order valence-electron chi connectivity index (χ2n) is 4.22. The topological polar surface area (TPSA) is 29.1 Å². The molecule has 1 fully saturated rings. The molecule has 0 aromatic heterocycles. The summed E-state index contributed by atoms with van der Waals surface area (Å²) in [5.74, 6) is 1.94. The van der Waals surface area contributed by atoms with Gasteiger partial charge in [-0.05, 0) is 24.7 Å². The van der Waals surface area contributed by atoms with Crippen LogP contribution >= 0.6 is 11.6 Å². The fraction of sp³-hybridized carbons (Fsp3) is 0.909. The summed E-state index contributed by atoms with van der Waals surface area (Å²) in [6.45, 7) is 4.47. The maximum absolute atomic E-state index is 11.3. The number of carbonyl (C=O) groups is 1. The van der Waals surface area contributed by atoms with E-state index in [9.17, 15) is 4.79 Å². The van der Waals surface area contributed by atoms with E-state index in [2.05, 4.69) is 19.2 Å². The predicted molar refractivity (Wildman–Crippen MR) is 59.4 cm³/mol. The molecule has 0 saturated heterocycles. The Morgan fingerprint density at radius 3 is 2.71 bits per heavy atom. The Morgan fingerprint density at radius 2 is 2.21 bits per heavy atom. The maximum atomic E-state index is 11.3. The molecule has 0 radical (unpaired) electrons. The SMILES string of the molecule is CCC1CCC(NC(=O)CCCl)C1C. The van der Waals surface area contributed by atoms with Crippen molar-refractivity contribution in [2.24, 2.45) is 11.8 Å². The van der Waals surface area contributed by atoms with Crippen molar-refractivity contribution in [1.82, 2.24) is 5.32 Å². The molecule has 2 nitrogen and oxygen atoms in total. The second-order valence-corrected chi connectivity index (χ2v) is 4.60. The smallest absolute Gasteiger partial charge is 0.221 e. The predicted octanol–water partition coefficient (Wildman–Crippen LogP) is 2.56. The normalized spacial score (nSPS) is 31.8. The van der Waals surface area contributed by atoms with Gasteiger partial charge in [0.1, 0.15) is 0 Å². The molecule has 1 amide bonds. The number of rotatable bonds is 4. The van der Waals surface area contributed by atoms with Crippen molar-refractivity contribution in [3.63, 3.8) is 0 Å². The summed E-state index contributed by atoms with van der Waals surface area (Å²) in [7, 11) is 0. The van der Waals surface area contributed by atoms with Crippen molar-refractivity contribution in [2.75, 3.05) is 5.88 Å². The summed E-state index contributed by atoms with van der Waals surface area (Å²) in [5.41, 5.74) is 0. The average Bonchev–Trinajstić information content (AvgIpc) is 2.48. The van der Waals surface area contributed by atoms with Gasteiger partial charge in [-0.1, -0.05) is 20.3 Å². The monoisotopic (exact) mass is 217 g/mol. The van der Waals surface area contributed by atoms with Crippen molar-refractivity contribution in [2.45, 2.75) is 45.6 Å². The van der Waals surface area contributed by atoms with E-state index in [0.29, 0.717) is 24.3 Å². The summed E-state index contributed by atoms with van der Waals surface area (Å²) in [6, 6.07) is 0.385. The highest BCUT2D eigenvalue weighted by Crippen LogP contribution is 2.33. The van der Waals surface area contributed by atoms with Crippen molar-refractivity contribution >= 4 is 17.5 Å². The minimum Gasteiger partial charge on any atom is -0.353 e. The molecule has 1 N–H and O–H groups in total. The molecule has 1 saturated carbocycles. The van der Waals surface area contributed by atoms with Crippen LogP contribution in [0.3, 0.4) is 0 Å². The minimum atomic E-state index is 0.105. The first kappa shape index (κ1) is 11.8. The highest BCUT2D eigenvalue weighted by molar-refractivity contribution is 6.18. The molecule has 3 unspecified atom stereocenters. The number of halogens is 1. The Bertz CT molecular complexity index is 196. The molecule has 1 aliphatic rings. The Hall–Kier alpha value is -0.240. The van der Waals surface area contributed by atoms with E-state index in [1.807, 2.05) is 0 Å². The summed E-state index contributed by atoms with van der Waals surface area (Å²) in [5, 5.41) is 3.07. The van der Waals surface area contributed by atoms with Gasteiger partial charge in [0.25, 0.3) is 0 Å². The van der Waals surface area contributed by atoms with Crippen molar-refractivity contribution in [3.8, 4) is 0 Å². The number of hydrogen-bond acceptors (Lipinski definition) is 1. The zero-order valence-electron chi connectivity index (χ0n) is 9.05. The van der Waals surface area contributed by atoms with Crippen LogP contribution in [0.15, 0.2) is 0 Å². The molecule has 82 valence electrons. The van der Waals surface area contributed by atoms with Gasteiger partial charge in [0.2, 0.25) is 5.91 Å². The van der Waals surface area contributed by atoms with E-state index < -0.39 is 0 Å². The highest BCUT2D eigenvalue weighted by atomic mass is 35.5. The first-order valence-electron chi connectivity index (χ1n) is 5.54. The van der Waals surface area contributed by atoms with Gasteiger partial charge >= 0.3 is 0 Å². The fourth-order valence-corrected chi connectivity index (χ4v) is 2.56. The lowest BCUT2D eigenvalue weighted by atomic mass is 9.93. The lowest BCUT2D eigenvalue weighted by molar-refractivity contribution is -0.121. The molecule has 3 atom stereocenters. The Labute approximate surface area is 91.4 Å². The molecule has 14 heavy (non-hydrogen) atoms. The van der Waals surface area contributed by atoms with Gasteiger partial charge in [0.05, 0.1) is 0 Å². The number of nitrogens with one attached hydrogen (secondary N) is 1. The van der Waals surface area contributed by atoms with E-state index in [-0.39, 0.29) is 5.91 Å². The summed E-state index contributed by atoms with van der Waals surface area (Å²) in [4.78, 5) is 11.3. The molecule has 0 aromatic carbocycles. The Kier molecular flexibility index (Phi) is 4.73. The number of amides is 1. The molecule has 1 rings (SSSR count). The van der Waals surface area contributed by atoms with E-state index in [1.165, 1.54) is 12.8 Å². The van der Waals surface area contributed by atoms with E-state index in [1.54, 1.807) is 0 Å². The molecular formula is C11H20ClNO. The van der Waals surface area contributed by atoms with Gasteiger partial charge in [-0.2, -0.15) is 0 Å². The minimum absolute atomic E-state index is 0.105. The second kappa shape index (κ2) is 5.59. The van der Waals surface area contributed by atoms with Gasteiger partial charge in [-0.15, -0.1) is 11.6 Å². The molecular weight excluding hydrogens is 198 g/mol. The largest absolute Gasteiger partial charge is 0.353 e. The third-order valence-electron chi connectivity index (χ3n) is 3.42. The average molecular weight is 218 g/mol. The van der Waals surface area contributed by atoms with Crippen molar-refractivity contribution < 1.29 is 4.79 Å². The molecule has 0 spiro atoms. The number of hydrogen-bond donors (Lipinski definition) is 1. The molecule has 1 aliphatic carbocycles. The van der Waals surface area contributed by atoms with E-state index >= 15 is 0 Å². The third-order valence-corrected chi connectivity index (χ3v) is 3.61. The van der Waals surface area contributed by atoms with Crippen LogP contribution in [0.2, 0.25) is 0 Å². The van der Waals surface area contributed by atoms with E-state index in [4.69, 9.17) is 11.6 Å². The van der Waals surface area contributed by atoms with Crippen LogP contribution < -0.4 is 5.32 Å². The number of carbonyl (C=O) groups excluding carboxylic acids is 1. The Morgan fingerprint density at radius 1 is 1.50 bits per heavy atom. The maximum Gasteiger partial charge on any atom is 0.221 e. The van der Waals surface area contributed by atoms with Crippen molar-refractivity contribution in [3.05, 3.63) is 0 Å². The molecule has 3 heteroatoms. The Balaban J connectivity index is 2.36. The van der Waals surface area contributed by atoms with E-state index in [0.717, 1.165) is 12.3 Å². The van der Waals surface area contributed by atoms with Crippen LogP contribution in [0, 0.1) is 11.8 Å². The van der Waals surface area contributed by atoms with Gasteiger partial charge < -0.3 is 5.32 Å². The van der Waals surface area contributed by atoms with Gasteiger partial charge in [-0.25, -0.2) is 0 Å². The lowest BCUT2D eigenvalue weighted by Crippen LogP contribution is -2.37. The molecule has 0 bridgehead atoms. The summed E-state index contributed by atoms with van der Waals surface area (Å²) >= 11 is 5.51. The van der Waals surface area contributed by atoms with Crippen LogP contribution in [-0.4, -0.2) is 17.8 Å². The van der Waals surface area contributed by atoms with Crippen LogP contribution in [0.25, 0.3) is 0 Å². The lowest BCUT2D eigenvalue weighted by Gasteiger charge is -2.20. The number of alkyl halides is 1.